The Kier molecular flexibility index (Phi) is 6.99. The SMILES string of the molecule is CCCCCCC1CC(=O)C=C(CCCC)O1. The van der Waals surface area contributed by atoms with E-state index in [1.54, 1.807) is 6.08 Å². The van der Waals surface area contributed by atoms with Gasteiger partial charge in [-0.15, -0.1) is 0 Å². The first-order valence-electron chi connectivity index (χ1n) is 7.16. The van der Waals surface area contributed by atoms with E-state index in [4.69, 9.17) is 4.74 Å². The van der Waals surface area contributed by atoms with Crippen molar-refractivity contribution < 1.29 is 9.53 Å². The lowest BCUT2D eigenvalue weighted by molar-refractivity contribution is -0.118. The summed E-state index contributed by atoms with van der Waals surface area (Å²) in [5, 5.41) is 0. The highest BCUT2D eigenvalue weighted by Crippen LogP contribution is 2.22. The van der Waals surface area contributed by atoms with Gasteiger partial charge in [0.25, 0.3) is 0 Å². The molecule has 0 N–H and O–H groups in total. The molecule has 0 saturated carbocycles. The first kappa shape index (κ1) is 14.3. The Labute approximate surface area is 105 Å². The summed E-state index contributed by atoms with van der Waals surface area (Å²) in [6.45, 7) is 4.37. The largest absolute Gasteiger partial charge is 0.494 e. The molecular formula is C15H26O2. The number of hydrogen-bond donors (Lipinski definition) is 0. The molecule has 2 nitrogen and oxygen atoms in total. The number of unbranched alkanes of at least 4 members (excludes halogenated alkanes) is 4. The minimum atomic E-state index is 0.149. The summed E-state index contributed by atoms with van der Waals surface area (Å²) in [5.74, 6) is 1.17. The third-order valence-electron chi connectivity index (χ3n) is 3.23. The van der Waals surface area contributed by atoms with Gasteiger partial charge < -0.3 is 4.74 Å². The second-order valence-electron chi connectivity index (χ2n) is 4.97. The number of ether oxygens (including phenoxy) is 1. The van der Waals surface area contributed by atoms with E-state index in [0.29, 0.717) is 6.42 Å². The lowest BCUT2D eigenvalue weighted by Crippen LogP contribution is -2.22. The van der Waals surface area contributed by atoms with Crippen molar-refractivity contribution in [3.05, 3.63) is 11.8 Å². The maximum atomic E-state index is 11.6. The third kappa shape index (κ3) is 5.90. The normalized spacial score (nSPS) is 20.0. The molecule has 1 heterocycles. The maximum Gasteiger partial charge on any atom is 0.162 e. The highest BCUT2D eigenvalue weighted by Gasteiger charge is 2.20. The van der Waals surface area contributed by atoms with Gasteiger partial charge in [0, 0.05) is 18.9 Å². The highest BCUT2D eigenvalue weighted by atomic mass is 16.5. The van der Waals surface area contributed by atoms with E-state index < -0.39 is 0 Å². The molecule has 0 bridgehead atoms. The number of carbonyl (C=O) groups is 1. The van der Waals surface area contributed by atoms with Crippen LogP contribution in [0.25, 0.3) is 0 Å². The predicted octanol–water partition coefficient (Wildman–Crippen LogP) is 4.39. The number of carbonyl (C=O) groups excluding carboxylic acids is 1. The van der Waals surface area contributed by atoms with Crippen molar-refractivity contribution in [3.63, 3.8) is 0 Å². The van der Waals surface area contributed by atoms with Crippen molar-refractivity contribution >= 4 is 5.78 Å². The molecule has 1 aliphatic heterocycles. The zero-order valence-electron chi connectivity index (χ0n) is 11.3. The Morgan fingerprint density at radius 1 is 1.18 bits per heavy atom. The Hall–Kier alpha value is -0.790. The Balaban J connectivity index is 2.28. The zero-order chi connectivity index (χ0) is 12.5. The zero-order valence-corrected chi connectivity index (χ0v) is 11.3. The molecule has 0 radical (unpaired) electrons. The van der Waals surface area contributed by atoms with Crippen LogP contribution in [0.15, 0.2) is 11.8 Å². The first-order chi connectivity index (χ1) is 8.26. The van der Waals surface area contributed by atoms with Gasteiger partial charge in [-0.25, -0.2) is 0 Å². The highest BCUT2D eigenvalue weighted by molar-refractivity contribution is 5.91. The van der Waals surface area contributed by atoms with E-state index in [9.17, 15) is 4.79 Å². The van der Waals surface area contributed by atoms with E-state index in [0.717, 1.165) is 31.4 Å². The Bertz CT molecular complexity index is 256. The molecule has 0 spiro atoms. The summed E-state index contributed by atoms with van der Waals surface area (Å²) in [6, 6.07) is 0. The lowest BCUT2D eigenvalue weighted by atomic mass is 10.0. The molecule has 0 saturated heterocycles. The van der Waals surface area contributed by atoms with Crippen LogP contribution in [0.3, 0.4) is 0 Å². The molecule has 0 amide bonds. The van der Waals surface area contributed by atoms with Crippen LogP contribution < -0.4 is 0 Å². The molecule has 1 unspecified atom stereocenters. The molecule has 17 heavy (non-hydrogen) atoms. The smallest absolute Gasteiger partial charge is 0.162 e. The third-order valence-corrected chi connectivity index (χ3v) is 3.23. The summed E-state index contributed by atoms with van der Waals surface area (Å²) in [6.07, 6.45) is 11.7. The van der Waals surface area contributed by atoms with Crippen molar-refractivity contribution in [2.45, 2.75) is 77.7 Å². The van der Waals surface area contributed by atoms with Gasteiger partial charge in [-0.05, 0) is 19.3 Å². The van der Waals surface area contributed by atoms with Crippen LogP contribution in [-0.4, -0.2) is 11.9 Å². The van der Waals surface area contributed by atoms with Crippen LogP contribution in [0.4, 0.5) is 0 Å². The van der Waals surface area contributed by atoms with Gasteiger partial charge in [-0.1, -0.05) is 39.5 Å². The fourth-order valence-corrected chi connectivity index (χ4v) is 2.19. The molecule has 1 atom stereocenters. The molecule has 1 rings (SSSR count). The minimum Gasteiger partial charge on any atom is -0.494 e. The lowest BCUT2D eigenvalue weighted by Gasteiger charge is -2.24. The molecule has 2 heteroatoms. The van der Waals surface area contributed by atoms with Gasteiger partial charge in [-0.2, -0.15) is 0 Å². The number of ketones is 1. The van der Waals surface area contributed by atoms with Gasteiger partial charge in [0.05, 0.1) is 5.76 Å². The topological polar surface area (TPSA) is 26.3 Å². The Morgan fingerprint density at radius 3 is 2.65 bits per heavy atom. The number of allylic oxidation sites excluding steroid dienone is 2. The summed E-state index contributed by atoms with van der Waals surface area (Å²) in [7, 11) is 0. The van der Waals surface area contributed by atoms with Gasteiger partial charge in [-0.3, -0.25) is 4.79 Å². The molecule has 0 aromatic carbocycles. The van der Waals surface area contributed by atoms with Gasteiger partial charge in [0.15, 0.2) is 5.78 Å². The van der Waals surface area contributed by atoms with E-state index in [2.05, 4.69) is 13.8 Å². The van der Waals surface area contributed by atoms with Crippen LogP contribution in [0.2, 0.25) is 0 Å². The summed E-state index contributed by atoms with van der Waals surface area (Å²) < 4.78 is 5.88. The van der Waals surface area contributed by atoms with Crippen LogP contribution in [0, 0.1) is 0 Å². The predicted molar refractivity (Wildman–Crippen MR) is 70.9 cm³/mol. The minimum absolute atomic E-state index is 0.149. The molecule has 0 fully saturated rings. The standard InChI is InChI=1S/C15H26O2/c1-3-5-7-8-10-15-12-13(16)11-14(17-15)9-6-4-2/h11,15H,3-10,12H2,1-2H3. The van der Waals surface area contributed by atoms with Gasteiger partial charge in [0.1, 0.15) is 6.10 Å². The fraction of sp³-hybridized carbons (Fsp3) is 0.800. The monoisotopic (exact) mass is 238 g/mol. The van der Waals surface area contributed by atoms with E-state index >= 15 is 0 Å². The molecular weight excluding hydrogens is 212 g/mol. The van der Waals surface area contributed by atoms with Crippen molar-refractivity contribution in [2.75, 3.05) is 0 Å². The molecule has 1 aliphatic rings. The van der Waals surface area contributed by atoms with E-state index in [-0.39, 0.29) is 11.9 Å². The van der Waals surface area contributed by atoms with Crippen LogP contribution in [-0.2, 0) is 9.53 Å². The second kappa shape index (κ2) is 8.32. The molecule has 0 aromatic heterocycles. The summed E-state index contributed by atoms with van der Waals surface area (Å²) >= 11 is 0. The first-order valence-corrected chi connectivity index (χ1v) is 7.16. The summed E-state index contributed by atoms with van der Waals surface area (Å²) in [5.41, 5.74) is 0. The van der Waals surface area contributed by atoms with Crippen molar-refractivity contribution in [2.24, 2.45) is 0 Å². The van der Waals surface area contributed by atoms with Crippen molar-refractivity contribution in [3.8, 4) is 0 Å². The van der Waals surface area contributed by atoms with Crippen LogP contribution in [0.1, 0.15) is 71.6 Å². The van der Waals surface area contributed by atoms with Gasteiger partial charge >= 0.3 is 0 Å². The van der Waals surface area contributed by atoms with Gasteiger partial charge in [0.2, 0.25) is 0 Å². The second-order valence-corrected chi connectivity index (χ2v) is 4.97. The quantitative estimate of drug-likeness (QED) is 0.586. The Morgan fingerprint density at radius 2 is 1.94 bits per heavy atom. The van der Waals surface area contributed by atoms with E-state index in [1.807, 2.05) is 0 Å². The average Bonchev–Trinajstić information content (AvgIpc) is 2.31. The molecule has 0 aliphatic carbocycles. The number of hydrogen-bond acceptors (Lipinski definition) is 2. The summed E-state index contributed by atoms with van der Waals surface area (Å²) in [4.78, 5) is 11.6. The maximum absolute atomic E-state index is 11.6. The fourth-order valence-electron chi connectivity index (χ4n) is 2.19. The van der Waals surface area contributed by atoms with Crippen LogP contribution in [0.5, 0.6) is 0 Å². The van der Waals surface area contributed by atoms with Crippen molar-refractivity contribution in [1.82, 2.24) is 0 Å². The number of rotatable bonds is 8. The van der Waals surface area contributed by atoms with Crippen LogP contribution >= 0.6 is 0 Å². The molecule has 0 aromatic rings. The average molecular weight is 238 g/mol. The molecule has 98 valence electrons. The van der Waals surface area contributed by atoms with Crippen molar-refractivity contribution in [1.29, 1.82) is 0 Å². The van der Waals surface area contributed by atoms with E-state index in [1.165, 1.54) is 25.7 Å².